The molecule has 1 heterocycles. The third kappa shape index (κ3) is 2.76. The van der Waals surface area contributed by atoms with Gasteiger partial charge in [-0.05, 0) is 16.8 Å². The quantitative estimate of drug-likeness (QED) is 0.571. The second-order valence-corrected chi connectivity index (χ2v) is 4.51. The number of aromatic nitrogens is 2. The van der Waals surface area contributed by atoms with Gasteiger partial charge < -0.3 is 5.11 Å². The molecule has 0 saturated carbocycles. The maximum Gasteiger partial charge on any atom is 0.291 e. The largest absolute Gasteiger partial charge is 0.507 e. The lowest BCUT2D eigenvalue weighted by Gasteiger charge is -2.04. The molecule has 2 N–H and O–H groups in total. The third-order valence-corrected chi connectivity index (χ3v) is 3.10. The van der Waals surface area contributed by atoms with E-state index in [0.29, 0.717) is 5.56 Å². The van der Waals surface area contributed by atoms with Crippen LogP contribution in [0.2, 0.25) is 0 Å². The van der Waals surface area contributed by atoms with E-state index >= 15 is 0 Å². The molecule has 0 atom stereocenters. The Morgan fingerprint density at radius 1 is 1.18 bits per heavy atom. The van der Waals surface area contributed by atoms with Gasteiger partial charge in [0.2, 0.25) is 0 Å². The van der Waals surface area contributed by atoms with Crippen LogP contribution < -0.4 is 5.43 Å². The number of carbonyl (C=O) groups excluding carboxylic acids is 1. The van der Waals surface area contributed by atoms with Crippen LogP contribution in [0.1, 0.15) is 16.1 Å². The Balaban J connectivity index is 1.84. The first-order valence-corrected chi connectivity index (χ1v) is 6.56. The highest BCUT2D eigenvalue weighted by molar-refractivity contribution is 6.02. The number of hydrogen-bond acceptors (Lipinski definition) is 5. The monoisotopic (exact) mass is 292 g/mol. The maximum absolute atomic E-state index is 11.8. The fourth-order valence-corrected chi connectivity index (χ4v) is 2.05. The minimum Gasteiger partial charge on any atom is -0.507 e. The van der Waals surface area contributed by atoms with E-state index in [1.807, 2.05) is 30.3 Å². The van der Waals surface area contributed by atoms with Crippen LogP contribution in [0.5, 0.6) is 5.75 Å². The van der Waals surface area contributed by atoms with Gasteiger partial charge in [-0.15, -0.1) is 0 Å². The zero-order valence-electron chi connectivity index (χ0n) is 11.5. The molecular weight excluding hydrogens is 280 g/mol. The van der Waals surface area contributed by atoms with Gasteiger partial charge in [0.05, 0.1) is 12.4 Å². The second kappa shape index (κ2) is 6.01. The summed E-state index contributed by atoms with van der Waals surface area (Å²) in [5, 5.41) is 15.7. The molecule has 1 aromatic heterocycles. The zero-order valence-corrected chi connectivity index (χ0v) is 11.5. The van der Waals surface area contributed by atoms with Gasteiger partial charge >= 0.3 is 0 Å². The number of hydrogen-bond donors (Lipinski definition) is 2. The Morgan fingerprint density at radius 2 is 2.05 bits per heavy atom. The van der Waals surface area contributed by atoms with Gasteiger partial charge in [0.1, 0.15) is 11.4 Å². The number of carbonyl (C=O) groups is 1. The van der Waals surface area contributed by atoms with Gasteiger partial charge in [-0.1, -0.05) is 30.3 Å². The number of phenolic OH excluding ortho intramolecular Hbond substituents is 1. The van der Waals surface area contributed by atoms with E-state index in [2.05, 4.69) is 20.5 Å². The van der Waals surface area contributed by atoms with Crippen molar-refractivity contribution >= 4 is 22.9 Å². The van der Waals surface area contributed by atoms with Crippen molar-refractivity contribution in [1.29, 1.82) is 0 Å². The Morgan fingerprint density at radius 3 is 2.86 bits per heavy atom. The molecule has 2 aromatic carbocycles. The van der Waals surface area contributed by atoms with E-state index in [1.165, 1.54) is 24.8 Å². The highest BCUT2D eigenvalue weighted by atomic mass is 16.3. The molecule has 0 unspecified atom stereocenters. The molecule has 0 aliphatic carbocycles. The van der Waals surface area contributed by atoms with E-state index in [1.54, 1.807) is 6.07 Å². The molecule has 0 aliphatic heterocycles. The zero-order chi connectivity index (χ0) is 15.4. The van der Waals surface area contributed by atoms with Gasteiger partial charge in [-0.2, -0.15) is 5.10 Å². The summed E-state index contributed by atoms with van der Waals surface area (Å²) in [6.45, 7) is 0. The number of aromatic hydroxyl groups is 1. The first-order valence-electron chi connectivity index (χ1n) is 6.56. The highest BCUT2D eigenvalue weighted by Crippen LogP contribution is 2.25. The molecule has 0 saturated heterocycles. The number of rotatable bonds is 3. The minimum atomic E-state index is -0.468. The molecule has 0 fully saturated rings. The van der Waals surface area contributed by atoms with Gasteiger partial charge in [0, 0.05) is 18.0 Å². The summed E-state index contributed by atoms with van der Waals surface area (Å²) in [6, 6.07) is 11.0. The van der Waals surface area contributed by atoms with E-state index < -0.39 is 5.91 Å². The Labute approximate surface area is 126 Å². The molecule has 6 nitrogen and oxygen atoms in total. The van der Waals surface area contributed by atoms with Crippen molar-refractivity contribution in [3.63, 3.8) is 0 Å². The van der Waals surface area contributed by atoms with Crippen LogP contribution >= 0.6 is 0 Å². The predicted octanol–water partition coefficient (Wildman–Crippen LogP) is 2.10. The molecule has 6 heteroatoms. The molecule has 0 radical (unpaired) electrons. The predicted molar refractivity (Wildman–Crippen MR) is 82.7 cm³/mol. The number of nitrogens with one attached hydrogen (secondary N) is 1. The Kier molecular flexibility index (Phi) is 3.74. The van der Waals surface area contributed by atoms with Crippen LogP contribution in [-0.4, -0.2) is 27.2 Å². The molecule has 0 spiro atoms. The molecule has 0 bridgehead atoms. The molecule has 3 rings (SSSR count). The molecule has 0 aliphatic rings. The molecule has 3 aromatic rings. The number of benzene rings is 2. The number of fused-ring (bicyclic) bond motifs is 1. The van der Waals surface area contributed by atoms with Gasteiger partial charge in [-0.3, -0.25) is 9.78 Å². The fraction of sp³-hybridized carbons (Fsp3) is 0. The highest BCUT2D eigenvalue weighted by Gasteiger charge is 2.06. The average Bonchev–Trinajstić information content (AvgIpc) is 2.57. The van der Waals surface area contributed by atoms with Crippen LogP contribution in [0, 0.1) is 0 Å². The van der Waals surface area contributed by atoms with Crippen molar-refractivity contribution in [1.82, 2.24) is 15.4 Å². The molecular formula is C16H12N4O2. The number of hydrazone groups is 1. The van der Waals surface area contributed by atoms with Crippen LogP contribution in [0.3, 0.4) is 0 Å². The maximum atomic E-state index is 11.8. The fourth-order valence-electron chi connectivity index (χ4n) is 2.05. The van der Waals surface area contributed by atoms with Crippen LogP contribution in [-0.2, 0) is 0 Å². The van der Waals surface area contributed by atoms with E-state index in [4.69, 9.17) is 0 Å². The first-order chi connectivity index (χ1) is 10.8. The Bertz CT molecular complexity index is 847. The SMILES string of the molecule is O=C(N/N=C/c1c(O)ccc2ccccc12)c1cnccn1. The van der Waals surface area contributed by atoms with Crippen molar-refractivity contribution in [2.24, 2.45) is 5.10 Å². The van der Waals surface area contributed by atoms with Crippen molar-refractivity contribution in [3.8, 4) is 5.75 Å². The van der Waals surface area contributed by atoms with E-state index in [9.17, 15) is 9.90 Å². The molecule has 1 amide bonds. The van der Waals surface area contributed by atoms with Crippen LogP contribution in [0.4, 0.5) is 0 Å². The molecule has 108 valence electrons. The average molecular weight is 292 g/mol. The van der Waals surface area contributed by atoms with Crippen molar-refractivity contribution in [2.45, 2.75) is 0 Å². The topological polar surface area (TPSA) is 87.5 Å². The summed E-state index contributed by atoms with van der Waals surface area (Å²) in [7, 11) is 0. The lowest BCUT2D eigenvalue weighted by Crippen LogP contribution is -2.19. The summed E-state index contributed by atoms with van der Waals surface area (Å²) in [5.41, 5.74) is 3.06. The lowest BCUT2D eigenvalue weighted by atomic mass is 10.0. The van der Waals surface area contributed by atoms with E-state index in [0.717, 1.165) is 10.8 Å². The van der Waals surface area contributed by atoms with Gasteiger partial charge in [0.15, 0.2) is 0 Å². The first kappa shape index (κ1) is 13.7. The van der Waals surface area contributed by atoms with Crippen molar-refractivity contribution < 1.29 is 9.90 Å². The smallest absolute Gasteiger partial charge is 0.291 e. The number of phenols is 1. The number of amides is 1. The van der Waals surface area contributed by atoms with E-state index in [-0.39, 0.29) is 11.4 Å². The summed E-state index contributed by atoms with van der Waals surface area (Å²) in [6.07, 6.45) is 5.66. The van der Waals surface area contributed by atoms with Crippen LogP contribution in [0.25, 0.3) is 10.8 Å². The third-order valence-electron chi connectivity index (χ3n) is 3.10. The van der Waals surface area contributed by atoms with Crippen molar-refractivity contribution in [3.05, 3.63) is 66.2 Å². The minimum absolute atomic E-state index is 0.0937. The van der Waals surface area contributed by atoms with Gasteiger partial charge in [-0.25, -0.2) is 10.4 Å². The Hall–Kier alpha value is -3.28. The summed E-state index contributed by atoms with van der Waals surface area (Å²) >= 11 is 0. The van der Waals surface area contributed by atoms with Crippen LogP contribution in [0.15, 0.2) is 60.1 Å². The van der Waals surface area contributed by atoms with Crippen molar-refractivity contribution in [2.75, 3.05) is 0 Å². The van der Waals surface area contributed by atoms with Gasteiger partial charge in [0.25, 0.3) is 5.91 Å². The normalized spacial score (nSPS) is 10.9. The second-order valence-electron chi connectivity index (χ2n) is 4.51. The summed E-state index contributed by atoms with van der Waals surface area (Å²) in [5.74, 6) is -0.375. The summed E-state index contributed by atoms with van der Waals surface area (Å²) < 4.78 is 0. The standard InChI is InChI=1S/C16H12N4O2/c21-15-6-5-11-3-1-2-4-12(11)13(15)9-19-20-16(22)14-10-17-7-8-18-14/h1-10,21H,(H,20,22)/b19-9+. The molecule has 22 heavy (non-hydrogen) atoms. The summed E-state index contributed by atoms with van der Waals surface area (Å²) in [4.78, 5) is 19.5. The lowest BCUT2D eigenvalue weighted by molar-refractivity contribution is 0.0949. The number of nitrogens with zero attached hydrogens (tertiary/aromatic N) is 3.